The number of hydrogen-bond acceptors (Lipinski definition) is 9. The molecule has 0 aliphatic heterocycles. The highest BCUT2D eigenvalue weighted by Gasteiger charge is 2.19. The summed E-state index contributed by atoms with van der Waals surface area (Å²) in [5.41, 5.74) is 1.87. The molecule has 3 heterocycles. The topological polar surface area (TPSA) is 92.9 Å². The van der Waals surface area contributed by atoms with E-state index in [-0.39, 0.29) is 11.2 Å². The zero-order chi connectivity index (χ0) is 20.1. The summed E-state index contributed by atoms with van der Waals surface area (Å²) < 4.78 is 6.00. The van der Waals surface area contributed by atoms with Crippen LogP contribution in [-0.2, 0) is 11.3 Å². The number of rotatable bonds is 8. The van der Waals surface area contributed by atoms with Crippen molar-refractivity contribution < 1.29 is 9.21 Å². The lowest BCUT2D eigenvalue weighted by atomic mass is 10.2. The summed E-state index contributed by atoms with van der Waals surface area (Å²) in [6.07, 6.45) is 1.63. The first kappa shape index (κ1) is 19.6. The summed E-state index contributed by atoms with van der Waals surface area (Å²) in [6, 6.07) is 13.6. The van der Waals surface area contributed by atoms with Crippen LogP contribution in [0.25, 0.3) is 11.3 Å². The zero-order valence-corrected chi connectivity index (χ0v) is 17.8. The van der Waals surface area contributed by atoms with Crippen molar-refractivity contribution in [2.24, 2.45) is 0 Å². The van der Waals surface area contributed by atoms with Gasteiger partial charge in [0, 0.05) is 10.9 Å². The number of aromatic nitrogens is 3. The first-order valence-corrected chi connectivity index (χ1v) is 11.3. The molecule has 0 aliphatic carbocycles. The Hall–Kier alpha value is -2.69. The van der Waals surface area contributed by atoms with Crippen LogP contribution in [0.1, 0.15) is 12.7 Å². The fourth-order valence-corrected chi connectivity index (χ4v) is 5.00. The number of benzene rings is 1. The number of hydrogen-bond donors (Lipinski definition) is 2. The van der Waals surface area contributed by atoms with E-state index in [0.717, 1.165) is 21.4 Å². The van der Waals surface area contributed by atoms with Crippen LogP contribution in [0.2, 0.25) is 0 Å². The molecule has 0 unspecified atom stereocenters. The SMILES string of the molecule is C[C@H](Sc1nnc(NCc2ccco2)s1)C(=O)Nc1nc(-c2ccccc2)cs1. The van der Waals surface area contributed by atoms with Gasteiger partial charge < -0.3 is 15.1 Å². The third-order valence-electron chi connectivity index (χ3n) is 3.85. The summed E-state index contributed by atoms with van der Waals surface area (Å²) in [6.45, 7) is 2.37. The van der Waals surface area contributed by atoms with Crippen LogP contribution in [-0.4, -0.2) is 26.3 Å². The maximum atomic E-state index is 12.5. The third kappa shape index (κ3) is 5.22. The number of nitrogens with one attached hydrogen (secondary N) is 2. The van der Waals surface area contributed by atoms with Crippen molar-refractivity contribution in [3.63, 3.8) is 0 Å². The number of furan rings is 1. The van der Waals surface area contributed by atoms with Crippen LogP contribution in [0.3, 0.4) is 0 Å². The summed E-state index contributed by atoms with van der Waals surface area (Å²) in [7, 11) is 0. The molecule has 1 amide bonds. The van der Waals surface area contributed by atoms with E-state index in [4.69, 9.17) is 4.42 Å². The van der Waals surface area contributed by atoms with Gasteiger partial charge in [0.2, 0.25) is 11.0 Å². The fourth-order valence-electron chi connectivity index (χ4n) is 2.39. The van der Waals surface area contributed by atoms with E-state index in [1.165, 1.54) is 34.4 Å². The molecule has 0 radical (unpaired) electrons. The predicted octanol–water partition coefficient (Wildman–Crippen LogP) is 4.99. The van der Waals surface area contributed by atoms with Gasteiger partial charge in [0.1, 0.15) is 5.76 Å². The van der Waals surface area contributed by atoms with Crippen molar-refractivity contribution in [2.45, 2.75) is 23.1 Å². The Labute approximate surface area is 179 Å². The van der Waals surface area contributed by atoms with Gasteiger partial charge in [0.15, 0.2) is 9.47 Å². The van der Waals surface area contributed by atoms with Crippen molar-refractivity contribution in [1.82, 2.24) is 15.2 Å². The fraction of sp³-hybridized carbons (Fsp3) is 0.158. The molecule has 4 rings (SSSR count). The molecule has 7 nitrogen and oxygen atoms in total. The average molecular weight is 444 g/mol. The minimum Gasteiger partial charge on any atom is -0.467 e. The van der Waals surface area contributed by atoms with Crippen LogP contribution in [0.15, 0.2) is 62.9 Å². The monoisotopic (exact) mass is 443 g/mol. The second-order valence-electron chi connectivity index (χ2n) is 5.96. The number of nitrogens with zero attached hydrogens (tertiary/aromatic N) is 3. The van der Waals surface area contributed by atoms with Crippen molar-refractivity contribution in [3.05, 3.63) is 59.9 Å². The zero-order valence-electron chi connectivity index (χ0n) is 15.4. The Balaban J connectivity index is 1.30. The first-order chi connectivity index (χ1) is 14.2. The van der Waals surface area contributed by atoms with Crippen LogP contribution in [0.5, 0.6) is 0 Å². The van der Waals surface area contributed by atoms with Gasteiger partial charge in [-0.15, -0.1) is 21.5 Å². The molecule has 0 saturated heterocycles. The quantitative estimate of drug-likeness (QED) is 0.371. The van der Waals surface area contributed by atoms with Gasteiger partial charge in [-0.25, -0.2) is 4.98 Å². The van der Waals surface area contributed by atoms with E-state index < -0.39 is 0 Å². The van der Waals surface area contributed by atoms with Crippen LogP contribution in [0.4, 0.5) is 10.3 Å². The molecular weight excluding hydrogens is 426 g/mol. The van der Waals surface area contributed by atoms with Crippen molar-refractivity contribution in [3.8, 4) is 11.3 Å². The summed E-state index contributed by atoms with van der Waals surface area (Å²) in [5.74, 6) is 0.699. The maximum Gasteiger partial charge on any atom is 0.239 e. The molecule has 0 saturated carbocycles. The van der Waals surface area contributed by atoms with Crippen LogP contribution >= 0.6 is 34.4 Å². The molecule has 4 aromatic rings. The van der Waals surface area contributed by atoms with Crippen LogP contribution in [0, 0.1) is 0 Å². The molecule has 29 heavy (non-hydrogen) atoms. The second kappa shape index (κ2) is 9.21. The minimum atomic E-state index is -0.329. The highest BCUT2D eigenvalue weighted by molar-refractivity contribution is 8.02. The number of carbonyl (C=O) groups excluding carboxylic acids is 1. The van der Waals surface area contributed by atoms with Gasteiger partial charge in [-0.1, -0.05) is 53.4 Å². The van der Waals surface area contributed by atoms with Crippen LogP contribution < -0.4 is 10.6 Å². The molecule has 1 aromatic carbocycles. The molecule has 0 spiro atoms. The summed E-state index contributed by atoms with van der Waals surface area (Å²) in [4.78, 5) is 17.0. The van der Waals surface area contributed by atoms with E-state index in [1.54, 1.807) is 6.26 Å². The lowest BCUT2D eigenvalue weighted by Crippen LogP contribution is -2.22. The highest BCUT2D eigenvalue weighted by Crippen LogP contribution is 2.30. The lowest BCUT2D eigenvalue weighted by Gasteiger charge is -2.07. The molecule has 1 atom stereocenters. The minimum absolute atomic E-state index is 0.121. The molecule has 0 aliphatic rings. The highest BCUT2D eigenvalue weighted by atomic mass is 32.2. The number of thiazole rings is 1. The van der Waals surface area contributed by atoms with Crippen molar-refractivity contribution >= 4 is 50.6 Å². The number of anilines is 2. The number of thioether (sulfide) groups is 1. The largest absolute Gasteiger partial charge is 0.467 e. The van der Waals surface area contributed by atoms with Gasteiger partial charge in [-0.2, -0.15) is 0 Å². The number of carbonyl (C=O) groups is 1. The van der Waals surface area contributed by atoms with Crippen molar-refractivity contribution in [1.29, 1.82) is 0 Å². The van der Waals surface area contributed by atoms with E-state index in [0.29, 0.717) is 16.8 Å². The Morgan fingerprint density at radius 1 is 1.17 bits per heavy atom. The Kier molecular flexibility index (Phi) is 6.23. The van der Waals surface area contributed by atoms with Crippen molar-refractivity contribution in [2.75, 3.05) is 10.6 Å². The third-order valence-corrected chi connectivity index (χ3v) is 6.67. The summed E-state index contributed by atoms with van der Waals surface area (Å²) >= 11 is 4.18. The molecule has 10 heteroatoms. The van der Waals surface area contributed by atoms with E-state index >= 15 is 0 Å². The van der Waals surface area contributed by atoms with E-state index in [9.17, 15) is 4.79 Å². The van der Waals surface area contributed by atoms with Gasteiger partial charge in [-0.3, -0.25) is 4.79 Å². The number of amides is 1. The Bertz CT molecular complexity index is 1060. The van der Waals surface area contributed by atoms with Gasteiger partial charge in [0.05, 0.1) is 23.8 Å². The molecule has 2 N–H and O–H groups in total. The molecule has 0 fully saturated rings. The maximum absolute atomic E-state index is 12.5. The molecule has 0 bridgehead atoms. The summed E-state index contributed by atoms with van der Waals surface area (Å²) in [5, 5.41) is 17.1. The Morgan fingerprint density at radius 2 is 2.03 bits per heavy atom. The van der Waals surface area contributed by atoms with Gasteiger partial charge in [0.25, 0.3) is 0 Å². The second-order valence-corrected chi connectivity index (χ2v) is 9.38. The van der Waals surface area contributed by atoms with E-state index in [2.05, 4.69) is 25.8 Å². The lowest BCUT2D eigenvalue weighted by molar-refractivity contribution is -0.115. The molecule has 148 valence electrons. The van der Waals surface area contributed by atoms with E-state index in [1.807, 2.05) is 54.8 Å². The standard InChI is InChI=1S/C19H17N5O2S3/c1-12(28-19-24-23-17(29-19)20-10-14-8-5-9-26-14)16(25)22-18-21-15(11-27-18)13-6-3-2-4-7-13/h2-9,11-12H,10H2,1H3,(H,20,23)(H,21,22,25)/t12-/m0/s1. The van der Waals surface area contributed by atoms with Gasteiger partial charge in [-0.05, 0) is 19.1 Å². The predicted molar refractivity (Wildman–Crippen MR) is 117 cm³/mol. The normalized spacial score (nSPS) is 11.9. The Morgan fingerprint density at radius 3 is 2.83 bits per heavy atom. The first-order valence-electron chi connectivity index (χ1n) is 8.75. The van der Waals surface area contributed by atoms with Gasteiger partial charge >= 0.3 is 0 Å². The average Bonchev–Trinajstić information content (AvgIpc) is 3.49. The smallest absolute Gasteiger partial charge is 0.239 e. The molecular formula is C19H17N5O2S3. The molecule has 3 aromatic heterocycles.